The molecule has 0 aliphatic rings. The van der Waals surface area contributed by atoms with Gasteiger partial charge in [-0.3, -0.25) is 4.79 Å². The van der Waals surface area contributed by atoms with E-state index in [1.807, 2.05) is 32.0 Å². The lowest BCUT2D eigenvalue weighted by atomic mass is 9.97. The van der Waals surface area contributed by atoms with Crippen molar-refractivity contribution in [3.8, 4) is 0 Å². The third-order valence-electron chi connectivity index (χ3n) is 3.05. The Balaban J connectivity index is 2.30. The van der Waals surface area contributed by atoms with Crippen LogP contribution in [0.5, 0.6) is 0 Å². The van der Waals surface area contributed by atoms with Crippen LogP contribution < -0.4 is 0 Å². The number of Topliss-reactive ketones (excluding diaryl/α,β-unsaturated/α-hetero) is 1. The molecule has 1 nitrogen and oxygen atoms in total. The smallest absolute Gasteiger partial charge is 0.167 e. The first-order valence-corrected chi connectivity index (χ1v) is 6.39. The molecular weight excluding hydrogens is 263 g/mol. The predicted molar refractivity (Wildman–Crippen MR) is 75.4 cm³/mol. The third kappa shape index (κ3) is 3.21. The molecule has 0 spiro atoms. The number of aryl methyl sites for hydroxylation is 2. The number of halogens is 2. The highest BCUT2D eigenvalue weighted by Crippen LogP contribution is 2.20. The van der Waals surface area contributed by atoms with Crippen LogP contribution in [0.3, 0.4) is 0 Å². The molecular formula is C16H14ClFO. The monoisotopic (exact) mass is 276 g/mol. The highest BCUT2D eigenvalue weighted by Gasteiger charge is 2.12. The second kappa shape index (κ2) is 5.54. The van der Waals surface area contributed by atoms with Gasteiger partial charge in [0, 0.05) is 17.0 Å². The maximum atomic E-state index is 13.2. The summed E-state index contributed by atoms with van der Waals surface area (Å²) in [4.78, 5) is 12.3. The first-order chi connectivity index (χ1) is 8.97. The van der Waals surface area contributed by atoms with E-state index in [-0.39, 0.29) is 18.0 Å². The molecule has 2 aromatic rings. The number of ketones is 1. The minimum atomic E-state index is -0.381. The molecule has 0 heterocycles. The quantitative estimate of drug-likeness (QED) is 0.753. The van der Waals surface area contributed by atoms with Gasteiger partial charge in [0.1, 0.15) is 5.82 Å². The van der Waals surface area contributed by atoms with E-state index in [1.165, 1.54) is 18.2 Å². The maximum absolute atomic E-state index is 13.2. The molecule has 19 heavy (non-hydrogen) atoms. The zero-order valence-corrected chi connectivity index (χ0v) is 11.6. The molecule has 0 fully saturated rings. The van der Waals surface area contributed by atoms with Gasteiger partial charge in [-0.05, 0) is 49.2 Å². The van der Waals surface area contributed by atoms with Gasteiger partial charge < -0.3 is 0 Å². The van der Waals surface area contributed by atoms with Crippen molar-refractivity contribution in [3.05, 3.63) is 69.5 Å². The molecule has 0 unspecified atom stereocenters. The zero-order chi connectivity index (χ0) is 14.0. The standard InChI is InChI=1S/C16H14ClFO/c1-10-3-4-11(2)14(7-10)16(19)9-12-8-13(18)5-6-15(12)17/h3-8H,9H2,1-2H3. The van der Waals surface area contributed by atoms with E-state index in [0.29, 0.717) is 16.1 Å². The Morgan fingerprint density at radius 3 is 2.63 bits per heavy atom. The van der Waals surface area contributed by atoms with Gasteiger partial charge in [-0.2, -0.15) is 0 Å². The van der Waals surface area contributed by atoms with Gasteiger partial charge in [0.25, 0.3) is 0 Å². The van der Waals surface area contributed by atoms with Crippen molar-refractivity contribution in [2.45, 2.75) is 20.3 Å². The fourth-order valence-corrected chi connectivity index (χ4v) is 2.17. The molecule has 2 rings (SSSR count). The Morgan fingerprint density at radius 1 is 1.16 bits per heavy atom. The fourth-order valence-electron chi connectivity index (χ4n) is 1.98. The van der Waals surface area contributed by atoms with E-state index in [0.717, 1.165) is 11.1 Å². The Hall–Kier alpha value is -1.67. The van der Waals surface area contributed by atoms with E-state index in [9.17, 15) is 9.18 Å². The molecule has 0 aliphatic heterocycles. The number of rotatable bonds is 3. The van der Waals surface area contributed by atoms with Gasteiger partial charge in [-0.15, -0.1) is 0 Å². The van der Waals surface area contributed by atoms with Crippen LogP contribution in [0.15, 0.2) is 36.4 Å². The van der Waals surface area contributed by atoms with Gasteiger partial charge >= 0.3 is 0 Å². The lowest BCUT2D eigenvalue weighted by molar-refractivity contribution is 0.0992. The van der Waals surface area contributed by atoms with Crippen molar-refractivity contribution in [1.82, 2.24) is 0 Å². The summed E-state index contributed by atoms with van der Waals surface area (Å²) in [6, 6.07) is 9.80. The van der Waals surface area contributed by atoms with Crippen molar-refractivity contribution in [2.75, 3.05) is 0 Å². The summed E-state index contributed by atoms with van der Waals surface area (Å²) in [6.07, 6.45) is 0.112. The summed E-state index contributed by atoms with van der Waals surface area (Å²) in [7, 11) is 0. The number of carbonyl (C=O) groups is 1. The third-order valence-corrected chi connectivity index (χ3v) is 3.42. The Labute approximate surface area is 117 Å². The molecule has 0 saturated heterocycles. The summed E-state index contributed by atoms with van der Waals surface area (Å²) in [5.74, 6) is -0.429. The van der Waals surface area contributed by atoms with Crippen LogP contribution >= 0.6 is 11.6 Å². The summed E-state index contributed by atoms with van der Waals surface area (Å²) >= 11 is 5.98. The summed E-state index contributed by atoms with van der Waals surface area (Å²) in [6.45, 7) is 3.82. The average molecular weight is 277 g/mol. The van der Waals surface area contributed by atoms with Crippen molar-refractivity contribution in [2.24, 2.45) is 0 Å². The maximum Gasteiger partial charge on any atom is 0.167 e. The average Bonchev–Trinajstić information content (AvgIpc) is 2.36. The number of hydrogen-bond donors (Lipinski definition) is 0. The van der Waals surface area contributed by atoms with E-state index < -0.39 is 0 Å². The van der Waals surface area contributed by atoms with Crippen LogP contribution in [0, 0.1) is 19.7 Å². The summed E-state index contributed by atoms with van der Waals surface area (Å²) < 4.78 is 13.2. The van der Waals surface area contributed by atoms with Crippen molar-refractivity contribution in [3.63, 3.8) is 0 Å². The van der Waals surface area contributed by atoms with Gasteiger partial charge in [-0.25, -0.2) is 4.39 Å². The number of benzene rings is 2. The second-order valence-electron chi connectivity index (χ2n) is 4.65. The summed E-state index contributed by atoms with van der Waals surface area (Å²) in [5, 5.41) is 0.417. The highest BCUT2D eigenvalue weighted by atomic mass is 35.5. The van der Waals surface area contributed by atoms with Gasteiger partial charge in [-0.1, -0.05) is 29.3 Å². The van der Waals surface area contributed by atoms with E-state index in [4.69, 9.17) is 11.6 Å². The Bertz CT molecular complexity index is 635. The van der Waals surface area contributed by atoms with Crippen molar-refractivity contribution < 1.29 is 9.18 Å². The molecule has 0 amide bonds. The Morgan fingerprint density at radius 2 is 1.89 bits per heavy atom. The van der Waals surface area contributed by atoms with E-state index >= 15 is 0 Å². The molecule has 0 saturated carbocycles. The van der Waals surface area contributed by atoms with Crippen LogP contribution in [-0.2, 0) is 6.42 Å². The number of carbonyl (C=O) groups excluding carboxylic acids is 1. The first-order valence-electron chi connectivity index (χ1n) is 6.02. The molecule has 2 aromatic carbocycles. The largest absolute Gasteiger partial charge is 0.294 e. The first kappa shape index (κ1) is 13.8. The lowest BCUT2D eigenvalue weighted by Crippen LogP contribution is -2.06. The van der Waals surface area contributed by atoms with Crippen molar-refractivity contribution in [1.29, 1.82) is 0 Å². The van der Waals surface area contributed by atoms with Crippen LogP contribution in [-0.4, -0.2) is 5.78 Å². The molecule has 0 aromatic heterocycles. The normalized spacial score (nSPS) is 10.5. The van der Waals surface area contributed by atoms with Gasteiger partial charge in [0.15, 0.2) is 5.78 Å². The van der Waals surface area contributed by atoms with E-state index in [1.54, 1.807) is 0 Å². The number of hydrogen-bond acceptors (Lipinski definition) is 1. The SMILES string of the molecule is Cc1ccc(C)c(C(=O)Cc2cc(F)ccc2Cl)c1. The Kier molecular flexibility index (Phi) is 4.01. The van der Waals surface area contributed by atoms with Crippen LogP contribution in [0.1, 0.15) is 27.0 Å². The van der Waals surface area contributed by atoms with Gasteiger partial charge in [0.2, 0.25) is 0 Å². The van der Waals surface area contributed by atoms with Crippen LogP contribution in [0.2, 0.25) is 5.02 Å². The minimum Gasteiger partial charge on any atom is -0.294 e. The van der Waals surface area contributed by atoms with Crippen molar-refractivity contribution >= 4 is 17.4 Å². The molecule has 0 aliphatic carbocycles. The lowest BCUT2D eigenvalue weighted by Gasteiger charge is -2.08. The highest BCUT2D eigenvalue weighted by molar-refractivity contribution is 6.31. The van der Waals surface area contributed by atoms with Crippen LogP contribution in [0.25, 0.3) is 0 Å². The van der Waals surface area contributed by atoms with Crippen LogP contribution in [0.4, 0.5) is 4.39 Å². The molecule has 0 radical (unpaired) electrons. The zero-order valence-electron chi connectivity index (χ0n) is 10.8. The molecule has 0 bridgehead atoms. The topological polar surface area (TPSA) is 17.1 Å². The fraction of sp³-hybridized carbons (Fsp3) is 0.188. The van der Waals surface area contributed by atoms with E-state index in [2.05, 4.69) is 0 Å². The van der Waals surface area contributed by atoms with Gasteiger partial charge in [0.05, 0.1) is 0 Å². The molecule has 0 N–H and O–H groups in total. The summed E-state index contributed by atoms with van der Waals surface area (Å²) in [5.41, 5.74) is 3.13. The molecule has 0 atom stereocenters. The predicted octanol–water partition coefficient (Wildman–Crippen LogP) is 4.52. The molecule has 3 heteroatoms. The second-order valence-corrected chi connectivity index (χ2v) is 5.06. The molecule has 98 valence electrons. The minimum absolute atomic E-state index is 0.0475.